The largest absolute Gasteiger partial charge is 0.393 e. The van der Waals surface area contributed by atoms with Gasteiger partial charge < -0.3 is 5.32 Å². The van der Waals surface area contributed by atoms with Crippen LogP contribution in [0.5, 0.6) is 0 Å². The van der Waals surface area contributed by atoms with Crippen molar-refractivity contribution in [2.45, 2.75) is 96.8 Å². The summed E-state index contributed by atoms with van der Waals surface area (Å²) in [5, 5.41) is -6.09. The molecule has 1 amide bonds. The quantitative estimate of drug-likeness (QED) is 0.177. The van der Waals surface area contributed by atoms with Crippen molar-refractivity contribution in [3.63, 3.8) is 0 Å². The summed E-state index contributed by atoms with van der Waals surface area (Å²) >= 11 is 3.33. The Bertz CT molecular complexity index is 936. The molecule has 0 heterocycles. The van der Waals surface area contributed by atoms with Crippen LogP contribution in [-0.4, -0.2) is 70.6 Å². The highest BCUT2D eigenvalue weighted by Gasteiger charge is 2.98. The number of hydrogen-bond donors (Lipinski definition) is 1. The van der Waals surface area contributed by atoms with E-state index in [9.17, 15) is 92.6 Å². The Morgan fingerprint density at radius 1 is 0.475 bits per heavy atom. The summed E-state index contributed by atoms with van der Waals surface area (Å²) in [7, 11) is 0. The average Bonchev–Trinajstić information content (AvgIpc) is 2.77. The van der Waals surface area contributed by atoms with Crippen LogP contribution < -0.4 is 5.32 Å². The maximum atomic E-state index is 13.9. The molecule has 0 bridgehead atoms. The van der Waals surface area contributed by atoms with Crippen LogP contribution in [0.25, 0.3) is 0 Å². The van der Waals surface area contributed by atoms with E-state index in [0.717, 1.165) is 5.32 Å². The van der Waals surface area contributed by atoms with Gasteiger partial charge in [0.25, 0.3) is 5.91 Å². The van der Waals surface area contributed by atoms with Crippen molar-refractivity contribution >= 4 is 17.5 Å². The minimum Gasteiger partial charge on any atom is -0.348 e. The number of hydrogen-bond acceptors (Lipinski definition) is 1. The molecular weight excluding hydrogens is 650 g/mol. The topological polar surface area (TPSA) is 29.1 Å². The predicted molar refractivity (Wildman–Crippen MR) is 90.3 cm³/mol. The van der Waals surface area contributed by atoms with Gasteiger partial charge in [0.05, 0.1) is 0 Å². The first-order valence-corrected chi connectivity index (χ1v) is 10.4. The van der Waals surface area contributed by atoms with Crippen LogP contribution in [0.3, 0.4) is 0 Å². The molecular formula is C17H12ClF20NO. The van der Waals surface area contributed by atoms with E-state index < -0.39 is 70.6 Å². The lowest BCUT2D eigenvalue weighted by atomic mass is 9.86. The molecule has 1 aliphatic carbocycles. The number of alkyl halides is 21. The summed E-state index contributed by atoms with van der Waals surface area (Å²) in [4.78, 5) is 11.5. The summed E-state index contributed by atoms with van der Waals surface area (Å²) in [6.45, 7) is 0. The van der Waals surface area contributed by atoms with E-state index in [4.69, 9.17) is 0 Å². The number of halogens is 21. The summed E-state index contributed by atoms with van der Waals surface area (Å²) in [5.41, 5.74) is 0. The minimum absolute atomic E-state index is 0.107. The molecule has 1 rings (SSSR count). The standard InChI is InChI=1S/C17H12ClF20NO/c18-17(37,38)16(35,36)15(33,34)14(31,32)13(29,30)12(27,28)11(25,26)10(23,24)9(21,22)8(19,20)7(40)39-6-4-2-1-3-5-6/h6H,1-5H2,(H,39,40). The molecule has 0 aromatic heterocycles. The van der Waals surface area contributed by atoms with Crippen LogP contribution in [0.1, 0.15) is 32.1 Å². The molecule has 0 radical (unpaired) electrons. The first-order valence-electron chi connectivity index (χ1n) is 10.0. The molecule has 40 heavy (non-hydrogen) atoms. The van der Waals surface area contributed by atoms with Crippen LogP contribution >= 0.6 is 11.6 Å². The normalized spacial score (nSPS) is 18.6. The summed E-state index contributed by atoms with van der Waals surface area (Å²) in [6, 6.07) is -1.51. The monoisotopic (exact) mass is 661 g/mol. The van der Waals surface area contributed by atoms with Crippen LogP contribution in [0.15, 0.2) is 0 Å². The number of carbonyl (C=O) groups is 1. The van der Waals surface area contributed by atoms with Crippen LogP contribution in [0, 0.1) is 0 Å². The molecule has 23 heteroatoms. The van der Waals surface area contributed by atoms with Gasteiger partial charge in [-0.2, -0.15) is 87.8 Å². The molecule has 0 aromatic rings. The molecule has 0 aromatic carbocycles. The first kappa shape index (κ1) is 36.4. The molecule has 0 unspecified atom stereocenters. The lowest BCUT2D eigenvalue weighted by molar-refractivity contribution is -0.464. The van der Waals surface area contributed by atoms with Crippen molar-refractivity contribution in [1.29, 1.82) is 0 Å². The van der Waals surface area contributed by atoms with Crippen LogP contribution in [0.2, 0.25) is 0 Å². The van der Waals surface area contributed by atoms with E-state index in [1.54, 1.807) is 0 Å². The second-order valence-electron chi connectivity index (χ2n) is 8.48. The molecule has 0 spiro atoms. The fourth-order valence-corrected chi connectivity index (χ4v) is 3.34. The molecule has 0 saturated heterocycles. The molecule has 2 nitrogen and oxygen atoms in total. The van der Waals surface area contributed by atoms with E-state index in [1.165, 1.54) is 0 Å². The maximum Gasteiger partial charge on any atom is 0.393 e. The molecule has 1 aliphatic rings. The SMILES string of the molecule is O=C(NC1CCCCC1)C(F)(F)C(F)(F)C(F)(F)C(F)(F)C(F)(F)C(F)(F)C(F)(F)C(F)(F)C(F)(F)C(F)(F)Cl. The van der Waals surface area contributed by atoms with Gasteiger partial charge in [-0.3, -0.25) is 4.79 Å². The number of carbonyl (C=O) groups excluding carboxylic acids is 1. The Balaban J connectivity index is 3.64. The van der Waals surface area contributed by atoms with E-state index in [2.05, 4.69) is 11.6 Å². The Hall–Kier alpha value is -1.64. The second kappa shape index (κ2) is 9.98. The van der Waals surface area contributed by atoms with E-state index >= 15 is 0 Å². The van der Waals surface area contributed by atoms with Crippen molar-refractivity contribution in [3.05, 3.63) is 0 Å². The first-order chi connectivity index (χ1) is 17.2. The van der Waals surface area contributed by atoms with Gasteiger partial charge >= 0.3 is 58.7 Å². The van der Waals surface area contributed by atoms with Gasteiger partial charge in [0.1, 0.15) is 0 Å². The molecule has 1 N–H and O–H groups in total. The Morgan fingerprint density at radius 2 is 0.750 bits per heavy atom. The number of nitrogens with one attached hydrogen (secondary N) is 1. The van der Waals surface area contributed by atoms with E-state index in [1.807, 2.05) is 0 Å². The Labute approximate surface area is 213 Å². The second-order valence-corrected chi connectivity index (χ2v) is 8.95. The zero-order valence-electron chi connectivity index (χ0n) is 18.5. The number of rotatable bonds is 11. The highest BCUT2D eigenvalue weighted by molar-refractivity contribution is 6.22. The molecule has 0 aliphatic heterocycles. The lowest BCUT2D eigenvalue weighted by Gasteiger charge is -2.44. The summed E-state index contributed by atoms with van der Waals surface area (Å²) in [6.07, 6.45) is 0.00959. The van der Waals surface area contributed by atoms with Crippen molar-refractivity contribution in [3.8, 4) is 0 Å². The number of amides is 1. The van der Waals surface area contributed by atoms with Gasteiger partial charge in [-0.1, -0.05) is 19.3 Å². The van der Waals surface area contributed by atoms with Gasteiger partial charge in [-0.15, -0.1) is 0 Å². The highest BCUT2D eigenvalue weighted by atomic mass is 35.5. The van der Waals surface area contributed by atoms with Gasteiger partial charge in [-0.25, -0.2) is 0 Å². The molecule has 0 atom stereocenters. The third-order valence-corrected chi connectivity index (χ3v) is 5.97. The van der Waals surface area contributed by atoms with Gasteiger partial charge in [0, 0.05) is 6.04 Å². The minimum atomic E-state index is -9.15. The summed E-state index contributed by atoms with van der Waals surface area (Å²) < 4.78 is 270. The van der Waals surface area contributed by atoms with Gasteiger partial charge in [0.15, 0.2) is 0 Å². The average molecular weight is 662 g/mol. The molecule has 238 valence electrons. The lowest BCUT2D eigenvalue weighted by Crippen LogP contribution is -2.77. The van der Waals surface area contributed by atoms with E-state index in [-0.39, 0.29) is 25.7 Å². The summed E-state index contributed by atoms with van der Waals surface area (Å²) in [5.74, 6) is -80.7. The van der Waals surface area contributed by atoms with Crippen molar-refractivity contribution in [2.75, 3.05) is 0 Å². The Morgan fingerprint density at radius 3 is 1.05 bits per heavy atom. The molecule has 1 fully saturated rings. The van der Waals surface area contributed by atoms with Crippen LogP contribution in [-0.2, 0) is 4.79 Å². The predicted octanol–water partition coefficient (Wildman–Crippen LogP) is 7.98. The molecule has 1 saturated carbocycles. The van der Waals surface area contributed by atoms with Gasteiger partial charge in [-0.05, 0) is 24.4 Å². The maximum absolute atomic E-state index is 13.9. The van der Waals surface area contributed by atoms with Crippen molar-refractivity contribution in [1.82, 2.24) is 5.32 Å². The fourth-order valence-electron chi connectivity index (χ4n) is 3.22. The van der Waals surface area contributed by atoms with Crippen molar-refractivity contribution in [2.24, 2.45) is 0 Å². The highest BCUT2D eigenvalue weighted by Crippen LogP contribution is 2.66. The van der Waals surface area contributed by atoms with Gasteiger partial charge in [0.2, 0.25) is 0 Å². The zero-order valence-corrected chi connectivity index (χ0v) is 19.2. The smallest absolute Gasteiger partial charge is 0.348 e. The third kappa shape index (κ3) is 4.80. The third-order valence-electron chi connectivity index (χ3n) is 5.74. The van der Waals surface area contributed by atoms with E-state index in [0.29, 0.717) is 6.42 Å². The Kier molecular flexibility index (Phi) is 9.08. The zero-order chi connectivity index (χ0) is 32.4. The fraction of sp³-hybridized carbons (Fsp3) is 0.941. The van der Waals surface area contributed by atoms with Crippen LogP contribution in [0.4, 0.5) is 87.8 Å². The van der Waals surface area contributed by atoms with Crippen molar-refractivity contribution < 1.29 is 92.6 Å².